The number of rotatable bonds is 17. The molecule has 0 heterocycles. The van der Waals surface area contributed by atoms with Crippen molar-refractivity contribution in [3.63, 3.8) is 0 Å². The molecule has 0 saturated heterocycles. The Labute approximate surface area is 186 Å². The zero-order chi connectivity index (χ0) is 23.0. The van der Waals surface area contributed by atoms with Crippen LogP contribution in [0.5, 0.6) is 0 Å². The summed E-state index contributed by atoms with van der Waals surface area (Å²) in [6.07, 6.45) is 7.75. The molecule has 174 valence electrons. The summed E-state index contributed by atoms with van der Waals surface area (Å²) in [5, 5.41) is 0. The summed E-state index contributed by atoms with van der Waals surface area (Å²) in [6.45, 7) is 10.8. The number of methoxy groups -OCH3 is 1. The van der Waals surface area contributed by atoms with Crippen LogP contribution in [0.3, 0.4) is 0 Å². The SMILES string of the molecule is C=C(C)C(=O)OCCOC(=O)C(C)CC(C)(CSCCCCCCCC)C(=O)OC. The molecule has 0 aliphatic heterocycles. The van der Waals surface area contributed by atoms with Crippen LogP contribution >= 0.6 is 11.8 Å². The molecule has 0 saturated carbocycles. The largest absolute Gasteiger partial charge is 0.469 e. The number of thioether (sulfide) groups is 1. The molecule has 0 N–H and O–H groups in total. The molecule has 0 rings (SSSR count). The number of hydrogen-bond donors (Lipinski definition) is 0. The number of hydrogen-bond acceptors (Lipinski definition) is 7. The highest BCUT2D eigenvalue weighted by molar-refractivity contribution is 7.99. The third-order valence-corrected chi connectivity index (χ3v) is 6.23. The standard InChI is InChI=1S/C23H40O6S/c1-7-8-9-10-11-12-15-30-17-23(5,22(26)27-6)16-19(4)21(25)29-14-13-28-20(24)18(2)3/h19H,2,7-17H2,1,3-6H3. The van der Waals surface area contributed by atoms with Crippen molar-refractivity contribution < 1.29 is 28.6 Å². The Morgan fingerprint density at radius 3 is 2.23 bits per heavy atom. The van der Waals surface area contributed by atoms with E-state index in [-0.39, 0.29) is 19.2 Å². The lowest BCUT2D eigenvalue weighted by atomic mass is 9.83. The first-order chi connectivity index (χ1) is 14.2. The first-order valence-electron chi connectivity index (χ1n) is 10.8. The van der Waals surface area contributed by atoms with Crippen molar-refractivity contribution in [2.75, 3.05) is 31.8 Å². The molecule has 0 amide bonds. The molecule has 0 radical (unpaired) electrons. The van der Waals surface area contributed by atoms with Crippen LogP contribution in [-0.4, -0.2) is 49.7 Å². The van der Waals surface area contributed by atoms with Crippen LogP contribution in [0.15, 0.2) is 12.2 Å². The molecule has 7 heteroatoms. The molecular weight excluding hydrogens is 404 g/mol. The van der Waals surface area contributed by atoms with Gasteiger partial charge in [-0.2, -0.15) is 11.8 Å². The van der Waals surface area contributed by atoms with Crippen molar-refractivity contribution in [3.05, 3.63) is 12.2 Å². The van der Waals surface area contributed by atoms with Gasteiger partial charge in [0.25, 0.3) is 0 Å². The Morgan fingerprint density at radius 2 is 1.63 bits per heavy atom. The Morgan fingerprint density at radius 1 is 1.03 bits per heavy atom. The van der Waals surface area contributed by atoms with Crippen molar-refractivity contribution >= 4 is 29.7 Å². The number of carbonyl (C=O) groups excluding carboxylic acids is 3. The molecule has 0 aliphatic carbocycles. The fourth-order valence-electron chi connectivity index (χ4n) is 3.03. The van der Waals surface area contributed by atoms with Crippen molar-refractivity contribution in [1.82, 2.24) is 0 Å². The van der Waals surface area contributed by atoms with E-state index >= 15 is 0 Å². The molecule has 6 nitrogen and oxygen atoms in total. The van der Waals surface area contributed by atoms with E-state index in [1.54, 1.807) is 25.6 Å². The maximum Gasteiger partial charge on any atom is 0.333 e. The Kier molecular flexibility index (Phi) is 15.4. The van der Waals surface area contributed by atoms with Gasteiger partial charge in [-0.25, -0.2) is 4.79 Å². The lowest BCUT2D eigenvalue weighted by Crippen LogP contribution is -2.36. The van der Waals surface area contributed by atoms with Crippen LogP contribution in [0.1, 0.15) is 72.6 Å². The van der Waals surface area contributed by atoms with Gasteiger partial charge >= 0.3 is 17.9 Å². The van der Waals surface area contributed by atoms with Gasteiger partial charge in [0.15, 0.2) is 0 Å². The minimum Gasteiger partial charge on any atom is -0.469 e. The molecule has 2 atom stereocenters. The molecule has 2 unspecified atom stereocenters. The summed E-state index contributed by atoms with van der Waals surface area (Å²) in [5.74, 6) is -0.126. The topological polar surface area (TPSA) is 78.9 Å². The van der Waals surface area contributed by atoms with E-state index in [1.165, 1.54) is 39.2 Å². The van der Waals surface area contributed by atoms with E-state index in [0.29, 0.717) is 17.7 Å². The Balaban J connectivity index is 4.40. The average molecular weight is 445 g/mol. The molecule has 0 aromatic carbocycles. The molecule has 0 aliphatic rings. The Bertz CT molecular complexity index is 548. The fraction of sp³-hybridized carbons (Fsp3) is 0.783. The van der Waals surface area contributed by atoms with Crippen molar-refractivity contribution in [2.24, 2.45) is 11.3 Å². The summed E-state index contributed by atoms with van der Waals surface area (Å²) in [7, 11) is 1.37. The number of esters is 3. The average Bonchev–Trinajstić information content (AvgIpc) is 2.71. The van der Waals surface area contributed by atoms with Crippen LogP contribution < -0.4 is 0 Å². The highest BCUT2D eigenvalue weighted by Crippen LogP contribution is 2.32. The molecule has 30 heavy (non-hydrogen) atoms. The molecule has 0 aromatic rings. The number of carbonyl (C=O) groups is 3. The quantitative estimate of drug-likeness (QED) is 0.136. The summed E-state index contributed by atoms with van der Waals surface area (Å²) < 4.78 is 15.1. The van der Waals surface area contributed by atoms with Crippen molar-refractivity contribution in [3.8, 4) is 0 Å². The summed E-state index contributed by atoms with van der Waals surface area (Å²) >= 11 is 1.73. The molecular formula is C23H40O6S. The second kappa shape index (κ2) is 16.2. The van der Waals surface area contributed by atoms with E-state index in [1.807, 2.05) is 6.92 Å². The predicted octanol–water partition coefficient (Wildman–Crippen LogP) is 4.95. The smallest absolute Gasteiger partial charge is 0.333 e. The minimum atomic E-state index is -0.757. The van der Waals surface area contributed by atoms with Gasteiger partial charge < -0.3 is 14.2 Å². The fourth-order valence-corrected chi connectivity index (χ4v) is 4.27. The third kappa shape index (κ3) is 12.3. The summed E-state index contributed by atoms with van der Waals surface area (Å²) in [4.78, 5) is 36.0. The van der Waals surface area contributed by atoms with Crippen LogP contribution in [0.2, 0.25) is 0 Å². The van der Waals surface area contributed by atoms with Crippen LogP contribution in [0.4, 0.5) is 0 Å². The lowest BCUT2D eigenvalue weighted by Gasteiger charge is -2.28. The highest BCUT2D eigenvalue weighted by Gasteiger charge is 2.37. The lowest BCUT2D eigenvalue weighted by molar-refractivity contribution is -0.157. The maximum absolute atomic E-state index is 12.4. The molecule has 0 spiro atoms. The van der Waals surface area contributed by atoms with Gasteiger partial charge in [-0.15, -0.1) is 0 Å². The van der Waals surface area contributed by atoms with E-state index < -0.39 is 23.3 Å². The zero-order valence-electron chi connectivity index (χ0n) is 19.4. The third-order valence-electron chi connectivity index (χ3n) is 4.81. The molecule has 0 fully saturated rings. The number of unbranched alkanes of at least 4 members (excludes halogenated alkanes) is 5. The van der Waals surface area contributed by atoms with Crippen molar-refractivity contribution in [2.45, 2.75) is 72.6 Å². The summed E-state index contributed by atoms with van der Waals surface area (Å²) in [6, 6.07) is 0. The van der Waals surface area contributed by atoms with Crippen LogP contribution in [0.25, 0.3) is 0 Å². The Hall–Kier alpha value is -1.50. The van der Waals surface area contributed by atoms with E-state index in [9.17, 15) is 14.4 Å². The van der Waals surface area contributed by atoms with Crippen molar-refractivity contribution in [1.29, 1.82) is 0 Å². The minimum absolute atomic E-state index is 0.0213. The monoisotopic (exact) mass is 444 g/mol. The second-order valence-electron chi connectivity index (χ2n) is 8.06. The molecule has 0 bridgehead atoms. The maximum atomic E-state index is 12.4. The second-order valence-corrected chi connectivity index (χ2v) is 9.17. The zero-order valence-corrected chi connectivity index (χ0v) is 20.2. The normalized spacial score (nSPS) is 13.8. The molecule has 0 aromatic heterocycles. The van der Waals surface area contributed by atoms with E-state index in [2.05, 4.69) is 13.5 Å². The first-order valence-corrected chi connectivity index (χ1v) is 12.0. The van der Waals surface area contributed by atoms with Gasteiger partial charge in [-0.3, -0.25) is 9.59 Å². The van der Waals surface area contributed by atoms with Gasteiger partial charge in [0.2, 0.25) is 0 Å². The van der Waals surface area contributed by atoms with Crippen LogP contribution in [0, 0.1) is 11.3 Å². The van der Waals surface area contributed by atoms with E-state index in [4.69, 9.17) is 14.2 Å². The highest BCUT2D eigenvalue weighted by atomic mass is 32.2. The summed E-state index contributed by atoms with van der Waals surface area (Å²) in [5.41, 5.74) is -0.464. The van der Waals surface area contributed by atoms with Crippen LogP contribution in [-0.2, 0) is 28.6 Å². The first kappa shape index (κ1) is 28.5. The predicted molar refractivity (Wildman–Crippen MR) is 121 cm³/mol. The van der Waals surface area contributed by atoms with Gasteiger partial charge in [-0.1, -0.05) is 52.5 Å². The van der Waals surface area contributed by atoms with Gasteiger partial charge in [0.1, 0.15) is 13.2 Å². The van der Waals surface area contributed by atoms with E-state index in [0.717, 1.165) is 12.2 Å². The number of ether oxygens (including phenoxy) is 3. The van der Waals surface area contributed by atoms with Gasteiger partial charge in [0, 0.05) is 11.3 Å². The van der Waals surface area contributed by atoms with Gasteiger partial charge in [0.05, 0.1) is 18.4 Å². The van der Waals surface area contributed by atoms with Gasteiger partial charge in [-0.05, 0) is 32.4 Å².